The van der Waals surface area contributed by atoms with Gasteiger partial charge < -0.3 is 5.73 Å². The summed E-state index contributed by atoms with van der Waals surface area (Å²) >= 11 is 0. The Labute approximate surface area is 103 Å². The molecule has 8 nitrogen and oxygen atoms in total. The number of nitrogens with two attached hydrogens (primary N) is 1. The molecule has 0 aromatic carbocycles. The van der Waals surface area contributed by atoms with E-state index >= 15 is 0 Å². The van der Waals surface area contributed by atoms with E-state index in [-0.39, 0.29) is 11.6 Å². The average Bonchev–Trinajstić information content (AvgIpc) is 2.65. The summed E-state index contributed by atoms with van der Waals surface area (Å²) in [6, 6.07) is 0. The predicted octanol–water partition coefficient (Wildman–Crippen LogP) is 0.354. The van der Waals surface area contributed by atoms with E-state index in [9.17, 15) is 4.79 Å². The molecule has 1 amide bonds. The van der Waals surface area contributed by atoms with Crippen LogP contribution < -0.4 is 11.1 Å². The van der Waals surface area contributed by atoms with Crippen molar-refractivity contribution < 1.29 is 4.79 Å². The average molecular weight is 247 g/mol. The maximum absolute atomic E-state index is 11.9. The van der Waals surface area contributed by atoms with Gasteiger partial charge in [-0.05, 0) is 20.8 Å². The summed E-state index contributed by atoms with van der Waals surface area (Å²) in [5, 5.41) is 16.6. The van der Waals surface area contributed by atoms with E-state index in [1.165, 1.54) is 0 Å². The molecule has 2 aromatic heterocycles. The molecule has 4 N–H and O–H groups in total. The molecule has 0 spiro atoms. The normalized spacial score (nSPS) is 10.4. The van der Waals surface area contributed by atoms with Crippen LogP contribution in [0, 0.1) is 20.8 Å². The minimum Gasteiger partial charge on any atom is -0.395 e. The number of nitrogen functional groups attached to an aromatic ring is 1. The number of rotatable bonds is 2. The molecular weight excluding hydrogens is 234 g/mol. The Kier molecular flexibility index (Phi) is 2.92. The number of anilines is 2. The van der Waals surface area contributed by atoms with E-state index in [0.29, 0.717) is 22.8 Å². The van der Waals surface area contributed by atoms with E-state index < -0.39 is 5.91 Å². The number of hydrogen-bond donors (Lipinski definition) is 3. The first-order valence-corrected chi connectivity index (χ1v) is 5.28. The molecule has 0 aliphatic rings. The van der Waals surface area contributed by atoms with Crippen molar-refractivity contribution in [3.63, 3.8) is 0 Å². The molecular formula is C10H13N7O. The minimum absolute atomic E-state index is 0.120. The quantitative estimate of drug-likeness (QED) is 0.703. The highest BCUT2D eigenvalue weighted by molar-refractivity contribution is 6.05. The topological polar surface area (TPSA) is 122 Å². The highest BCUT2D eigenvalue weighted by atomic mass is 16.2. The Morgan fingerprint density at radius 2 is 1.94 bits per heavy atom. The molecule has 18 heavy (non-hydrogen) atoms. The number of nitrogens with zero attached hydrogens (tertiary/aromatic N) is 4. The number of amides is 1. The first-order valence-electron chi connectivity index (χ1n) is 5.28. The number of aromatic amines is 1. The molecule has 8 heteroatoms. The van der Waals surface area contributed by atoms with Crippen molar-refractivity contribution in [2.24, 2.45) is 0 Å². The SMILES string of the molecule is Cc1nnc(NC(=O)c2n[nH]c(C)c2N)nc1C. The molecule has 0 saturated heterocycles. The number of carbonyl (C=O) groups is 1. The maximum atomic E-state index is 11.9. The van der Waals surface area contributed by atoms with Gasteiger partial charge in [-0.3, -0.25) is 15.2 Å². The molecule has 94 valence electrons. The molecule has 0 unspecified atom stereocenters. The molecule has 0 radical (unpaired) electrons. The Hall–Kier alpha value is -2.51. The standard InChI is InChI=1S/C10H13N7O/c1-4-5(2)14-17-10(12-4)13-9(18)8-7(11)6(3)15-16-8/h11H2,1-3H3,(H,15,16)(H,12,13,17,18). The van der Waals surface area contributed by atoms with Crippen LogP contribution in [0.4, 0.5) is 11.6 Å². The molecule has 2 heterocycles. The second kappa shape index (κ2) is 4.40. The van der Waals surface area contributed by atoms with Gasteiger partial charge in [-0.15, -0.1) is 5.10 Å². The molecule has 0 aliphatic carbocycles. The van der Waals surface area contributed by atoms with Gasteiger partial charge >= 0.3 is 0 Å². The summed E-state index contributed by atoms with van der Waals surface area (Å²) in [6.45, 7) is 5.30. The van der Waals surface area contributed by atoms with Gasteiger partial charge in [-0.25, -0.2) is 4.98 Å². The zero-order valence-electron chi connectivity index (χ0n) is 10.3. The van der Waals surface area contributed by atoms with Crippen molar-refractivity contribution in [2.45, 2.75) is 20.8 Å². The molecule has 0 fully saturated rings. The van der Waals surface area contributed by atoms with Gasteiger partial charge in [-0.1, -0.05) is 0 Å². The van der Waals surface area contributed by atoms with Crippen LogP contribution in [-0.2, 0) is 0 Å². The minimum atomic E-state index is -0.470. The van der Waals surface area contributed by atoms with Crippen LogP contribution in [0.15, 0.2) is 0 Å². The van der Waals surface area contributed by atoms with Gasteiger partial charge in [0.15, 0.2) is 5.69 Å². The van der Waals surface area contributed by atoms with E-state index in [1.54, 1.807) is 20.8 Å². The van der Waals surface area contributed by atoms with E-state index in [4.69, 9.17) is 5.73 Å². The lowest BCUT2D eigenvalue weighted by Crippen LogP contribution is -2.17. The fraction of sp³-hybridized carbons (Fsp3) is 0.300. The van der Waals surface area contributed by atoms with Crippen LogP contribution >= 0.6 is 0 Å². The number of nitrogens with one attached hydrogen (secondary N) is 2. The van der Waals surface area contributed by atoms with Crippen LogP contribution in [0.3, 0.4) is 0 Å². The molecule has 2 aromatic rings. The Bertz CT molecular complexity index is 604. The molecule has 2 rings (SSSR count). The van der Waals surface area contributed by atoms with Crippen LogP contribution in [-0.4, -0.2) is 31.3 Å². The van der Waals surface area contributed by atoms with E-state index in [2.05, 4.69) is 30.7 Å². The van der Waals surface area contributed by atoms with Gasteiger partial charge in [0, 0.05) is 0 Å². The predicted molar refractivity (Wildman–Crippen MR) is 65.0 cm³/mol. The summed E-state index contributed by atoms with van der Waals surface area (Å²) in [6.07, 6.45) is 0. The van der Waals surface area contributed by atoms with E-state index in [0.717, 1.165) is 0 Å². The van der Waals surface area contributed by atoms with Gasteiger partial charge in [0.25, 0.3) is 5.91 Å². The third kappa shape index (κ3) is 2.12. The highest BCUT2D eigenvalue weighted by Crippen LogP contribution is 2.13. The number of carbonyl (C=O) groups excluding carboxylic acids is 1. The van der Waals surface area contributed by atoms with Crippen molar-refractivity contribution in [3.05, 3.63) is 22.8 Å². The number of H-pyrrole nitrogens is 1. The first kappa shape index (κ1) is 12.0. The number of aromatic nitrogens is 5. The van der Waals surface area contributed by atoms with Crippen molar-refractivity contribution in [1.82, 2.24) is 25.4 Å². The highest BCUT2D eigenvalue weighted by Gasteiger charge is 2.16. The van der Waals surface area contributed by atoms with Gasteiger partial charge in [0.1, 0.15) is 0 Å². The number of hydrogen-bond acceptors (Lipinski definition) is 6. The van der Waals surface area contributed by atoms with Crippen molar-refractivity contribution >= 4 is 17.5 Å². The summed E-state index contributed by atoms with van der Waals surface area (Å²) in [5.41, 5.74) is 8.18. The summed E-state index contributed by atoms with van der Waals surface area (Å²) in [5.74, 6) is -0.343. The third-order valence-corrected chi connectivity index (χ3v) is 2.53. The van der Waals surface area contributed by atoms with Crippen LogP contribution in [0.25, 0.3) is 0 Å². The Morgan fingerprint density at radius 3 is 2.50 bits per heavy atom. The lowest BCUT2D eigenvalue weighted by atomic mass is 10.3. The molecule has 0 atom stereocenters. The molecule has 0 bridgehead atoms. The second-order valence-electron chi connectivity index (χ2n) is 3.87. The molecule has 0 aliphatic heterocycles. The molecule has 0 saturated carbocycles. The maximum Gasteiger partial charge on any atom is 0.280 e. The van der Waals surface area contributed by atoms with E-state index in [1.807, 2.05) is 0 Å². The summed E-state index contributed by atoms with van der Waals surface area (Å²) in [4.78, 5) is 16.0. The largest absolute Gasteiger partial charge is 0.395 e. The fourth-order valence-electron chi connectivity index (χ4n) is 1.28. The van der Waals surface area contributed by atoms with Crippen LogP contribution in [0.2, 0.25) is 0 Å². The zero-order chi connectivity index (χ0) is 13.3. The van der Waals surface area contributed by atoms with Crippen LogP contribution in [0.1, 0.15) is 27.6 Å². The number of aryl methyl sites for hydroxylation is 3. The first-order chi connectivity index (χ1) is 8.49. The van der Waals surface area contributed by atoms with Gasteiger partial charge in [0.2, 0.25) is 5.95 Å². The van der Waals surface area contributed by atoms with Gasteiger partial charge in [0.05, 0.1) is 22.8 Å². The summed E-state index contributed by atoms with van der Waals surface area (Å²) in [7, 11) is 0. The van der Waals surface area contributed by atoms with Crippen LogP contribution in [0.5, 0.6) is 0 Å². The van der Waals surface area contributed by atoms with Crippen molar-refractivity contribution in [2.75, 3.05) is 11.1 Å². The smallest absolute Gasteiger partial charge is 0.280 e. The monoisotopic (exact) mass is 247 g/mol. The lowest BCUT2D eigenvalue weighted by Gasteiger charge is -2.03. The second-order valence-corrected chi connectivity index (χ2v) is 3.87. The Morgan fingerprint density at radius 1 is 1.22 bits per heavy atom. The van der Waals surface area contributed by atoms with Crippen molar-refractivity contribution in [3.8, 4) is 0 Å². The fourth-order valence-corrected chi connectivity index (χ4v) is 1.28. The van der Waals surface area contributed by atoms with Crippen molar-refractivity contribution in [1.29, 1.82) is 0 Å². The Balaban J connectivity index is 2.21. The third-order valence-electron chi connectivity index (χ3n) is 2.53. The van der Waals surface area contributed by atoms with Gasteiger partial charge in [-0.2, -0.15) is 10.2 Å². The lowest BCUT2D eigenvalue weighted by molar-refractivity contribution is 0.102. The summed E-state index contributed by atoms with van der Waals surface area (Å²) < 4.78 is 0. The zero-order valence-corrected chi connectivity index (χ0v) is 10.3.